The summed E-state index contributed by atoms with van der Waals surface area (Å²) in [4.78, 5) is 73.6. The van der Waals surface area contributed by atoms with Crippen molar-refractivity contribution in [2.75, 3.05) is 39.6 Å². The first-order chi connectivity index (χ1) is 56.2. The zero-order valence-electron chi connectivity index (χ0n) is 77.0. The quantitative estimate of drug-likeness (QED) is 0.0222. The van der Waals surface area contributed by atoms with Crippen molar-refractivity contribution >= 4 is 39.5 Å². The first-order valence-corrected chi connectivity index (χ1v) is 52.8. The van der Waals surface area contributed by atoms with Crippen LogP contribution >= 0.6 is 15.6 Å². The molecule has 0 aromatic heterocycles. The third-order valence-electron chi connectivity index (χ3n) is 22.9. The molecule has 0 aromatic rings. The van der Waals surface area contributed by atoms with Gasteiger partial charge in [-0.05, 0) is 43.4 Å². The maximum absolute atomic E-state index is 13.2. The highest BCUT2D eigenvalue weighted by molar-refractivity contribution is 7.47. The number of aliphatic hydroxyl groups is 1. The van der Waals surface area contributed by atoms with Gasteiger partial charge in [0.1, 0.15) is 19.3 Å². The van der Waals surface area contributed by atoms with Crippen LogP contribution in [0.15, 0.2) is 0 Å². The van der Waals surface area contributed by atoms with Gasteiger partial charge in [0.2, 0.25) is 0 Å². The molecule has 690 valence electrons. The van der Waals surface area contributed by atoms with Gasteiger partial charge in [-0.15, -0.1) is 0 Å². The van der Waals surface area contributed by atoms with Crippen molar-refractivity contribution in [2.24, 2.45) is 17.8 Å². The van der Waals surface area contributed by atoms with Crippen LogP contribution in [0.4, 0.5) is 0 Å². The summed E-state index contributed by atoms with van der Waals surface area (Å²) >= 11 is 0. The fourth-order valence-corrected chi connectivity index (χ4v) is 16.9. The minimum atomic E-state index is -4.97. The molecule has 2 unspecified atom stereocenters. The summed E-state index contributed by atoms with van der Waals surface area (Å²) in [6.45, 7) is 12.1. The van der Waals surface area contributed by atoms with Crippen LogP contribution < -0.4 is 0 Å². The van der Waals surface area contributed by atoms with Crippen molar-refractivity contribution in [3.63, 3.8) is 0 Å². The van der Waals surface area contributed by atoms with Gasteiger partial charge in [-0.25, -0.2) is 9.13 Å². The van der Waals surface area contributed by atoms with E-state index in [2.05, 4.69) is 48.5 Å². The Bertz CT molecular complexity index is 2220. The number of rotatable bonds is 95. The molecule has 116 heavy (non-hydrogen) atoms. The molecule has 0 saturated heterocycles. The smallest absolute Gasteiger partial charge is 0.462 e. The number of phosphoric ester groups is 2. The van der Waals surface area contributed by atoms with Crippen LogP contribution in [0, 0.1) is 17.8 Å². The number of aliphatic hydroxyl groups excluding tert-OH is 1. The van der Waals surface area contributed by atoms with Gasteiger partial charge in [0, 0.05) is 25.7 Å². The minimum Gasteiger partial charge on any atom is -0.462 e. The second-order valence-corrected chi connectivity index (χ2v) is 39.2. The molecule has 0 spiro atoms. The molecule has 17 nitrogen and oxygen atoms in total. The monoisotopic (exact) mass is 1690 g/mol. The van der Waals surface area contributed by atoms with Crippen LogP contribution in [-0.4, -0.2) is 96.7 Å². The molecular weight excluding hydrogens is 1500 g/mol. The highest BCUT2D eigenvalue weighted by Gasteiger charge is 2.31. The normalized spacial score (nSPS) is 13.7. The Hall–Kier alpha value is -1.94. The molecule has 0 aliphatic carbocycles. The lowest BCUT2D eigenvalue weighted by molar-refractivity contribution is -0.161. The van der Waals surface area contributed by atoms with Gasteiger partial charge >= 0.3 is 39.5 Å². The fraction of sp³-hybridized carbons (Fsp3) is 0.959. The Kier molecular flexibility index (Phi) is 85.1. The average Bonchev–Trinajstić information content (AvgIpc) is 0.898. The Morgan fingerprint density at radius 3 is 0.586 bits per heavy atom. The van der Waals surface area contributed by atoms with Crippen molar-refractivity contribution in [1.82, 2.24) is 0 Å². The molecule has 0 heterocycles. The Morgan fingerprint density at radius 2 is 0.397 bits per heavy atom. The van der Waals surface area contributed by atoms with Crippen molar-refractivity contribution in [1.29, 1.82) is 0 Å². The summed E-state index contributed by atoms with van der Waals surface area (Å²) in [5.41, 5.74) is 0. The van der Waals surface area contributed by atoms with E-state index in [9.17, 15) is 43.2 Å². The number of esters is 4. The van der Waals surface area contributed by atoms with Crippen molar-refractivity contribution in [2.45, 2.75) is 542 Å². The van der Waals surface area contributed by atoms with Crippen LogP contribution in [0.2, 0.25) is 0 Å². The maximum Gasteiger partial charge on any atom is 0.472 e. The van der Waals surface area contributed by atoms with Crippen LogP contribution in [0.3, 0.4) is 0 Å². The van der Waals surface area contributed by atoms with Crippen LogP contribution in [0.1, 0.15) is 524 Å². The van der Waals surface area contributed by atoms with Gasteiger partial charge in [-0.1, -0.05) is 472 Å². The van der Waals surface area contributed by atoms with Gasteiger partial charge in [-0.3, -0.25) is 37.3 Å². The largest absolute Gasteiger partial charge is 0.472 e. The number of carbonyl (C=O) groups excluding carboxylic acids is 4. The number of phosphoric acid groups is 2. The van der Waals surface area contributed by atoms with E-state index >= 15 is 0 Å². The van der Waals surface area contributed by atoms with Gasteiger partial charge in [-0.2, -0.15) is 0 Å². The molecule has 0 saturated carbocycles. The highest BCUT2D eigenvalue weighted by atomic mass is 31.2. The zero-order chi connectivity index (χ0) is 85.0. The zero-order valence-corrected chi connectivity index (χ0v) is 78.8. The maximum atomic E-state index is 13.2. The Balaban J connectivity index is 5.23. The second-order valence-electron chi connectivity index (χ2n) is 36.2. The van der Waals surface area contributed by atoms with E-state index in [0.29, 0.717) is 25.7 Å². The molecular formula is C97H190O17P2. The minimum absolute atomic E-state index is 0.108. The van der Waals surface area contributed by atoms with Crippen molar-refractivity contribution in [3.05, 3.63) is 0 Å². The molecule has 0 rings (SSSR count). The van der Waals surface area contributed by atoms with Gasteiger partial charge in [0.15, 0.2) is 12.2 Å². The molecule has 0 aromatic carbocycles. The third kappa shape index (κ3) is 89.8. The van der Waals surface area contributed by atoms with Crippen LogP contribution in [-0.2, 0) is 65.4 Å². The van der Waals surface area contributed by atoms with Gasteiger partial charge < -0.3 is 33.8 Å². The molecule has 0 bridgehead atoms. The molecule has 0 fully saturated rings. The van der Waals surface area contributed by atoms with E-state index in [4.69, 9.17) is 37.0 Å². The number of hydrogen-bond acceptors (Lipinski definition) is 15. The predicted octanol–water partition coefficient (Wildman–Crippen LogP) is 30.4. The van der Waals surface area contributed by atoms with E-state index < -0.39 is 97.5 Å². The summed E-state index contributed by atoms with van der Waals surface area (Å²) < 4.78 is 69.3. The lowest BCUT2D eigenvalue weighted by Crippen LogP contribution is -2.30. The van der Waals surface area contributed by atoms with Crippen molar-refractivity contribution < 1.29 is 80.2 Å². The third-order valence-corrected chi connectivity index (χ3v) is 24.8. The average molecular weight is 1690 g/mol. The Morgan fingerprint density at radius 1 is 0.233 bits per heavy atom. The summed E-state index contributed by atoms with van der Waals surface area (Å²) in [5, 5.41) is 10.7. The van der Waals surface area contributed by atoms with E-state index in [-0.39, 0.29) is 25.7 Å². The summed E-state index contributed by atoms with van der Waals surface area (Å²) in [6, 6.07) is 0. The second kappa shape index (κ2) is 86.6. The molecule has 19 heteroatoms. The molecule has 5 atom stereocenters. The highest BCUT2D eigenvalue weighted by Crippen LogP contribution is 2.45. The standard InChI is InChI=1S/C97H190O17P2/c1-8-9-10-11-12-13-14-15-16-17-18-19-20-21-29-34-39-44-51-59-66-73-80-96(101)113-92(84-107-94(99)78-71-64-57-50-43-38-33-28-24-22-26-31-36-41-47-54-61-68-75-88(2)3)86-111-115(103,104)109-82-91(98)83-110-116(105,106)112-87-93(85-108-95(100)79-72-65-58-53-46-49-56-63-70-77-90(6)7)114-97(102)81-74-67-60-52-45-40-35-30-25-23-27-32-37-42-48-55-62-69-76-89(4)5/h88-93,98H,8-87H2,1-7H3,(H,103,104)(H,105,106)/t91-,92-,93-/m1/s1. The number of ether oxygens (including phenoxy) is 4. The first-order valence-electron chi connectivity index (χ1n) is 49.8. The molecule has 0 aliphatic heterocycles. The van der Waals surface area contributed by atoms with Crippen LogP contribution in [0.5, 0.6) is 0 Å². The van der Waals surface area contributed by atoms with Crippen molar-refractivity contribution in [3.8, 4) is 0 Å². The van der Waals surface area contributed by atoms with Crippen LogP contribution in [0.25, 0.3) is 0 Å². The van der Waals surface area contributed by atoms with Gasteiger partial charge in [0.05, 0.1) is 26.4 Å². The molecule has 3 N–H and O–H groups in total. The Labute approximate surface area is 715 Å². The number of hydrogen-bond donors (Lipinski definition) is 3. The van der Waals surface area contributed by atoms with Gasteiger partial charge in [0.25, 0.3) is 0 Å². The topological polar surface area (TPSA) is 237 Å². The summed E-state index contributed by atoms with van der Waals surface area (Å²) in [7, 11) is -9.95. The SMILES string of the molecule is CCCCCCCCCCCCCCCCCCCCCCCCC(=O)O[C@H](COC(=O)CCCCCCCCCCCCCCCCCCCCC(C)C)COP(=O)(O)OC[C@@H](O)COP(=O)(O)OC[C@@H](COC(=O)CCCCCCCCCCCC(C)C)OC(=O)CCCCCCCCCCCCCCCCCCCCC(C)C. The molecule has 0 amide bonds. The fourth-order valence-electron chi connectivity index (χ4n) is 15.3. The lowest BCUT2D eigenvalue weighted by Gasteiger charge is -2.21. The number of unbranched alkanes of at least 4 members (excludes halogenated alkanes) is 63. The van der Waals surface area contributed by atoms with E-state index in [1.165, 1.54) is 334 Å². The van der Waals surface area contributed by atoms with E-state index in [0.717, 1.165) is 108 Å². The number of carbonyl (C=O) groups is 4. The first kappa shape index (κ1) is 114. The molecule has 0 aliphatic rings. The summed E-state index contributed by atoms with van der Waals surface area (Å²) in [5.74, 6) is 0.295. The predicted molar refractivity (Wildman–Crippen MR) is 483 cm³/mol. The lowest BCUT2D eigenvalue weighted by atomic mass is 10.0. The van der Waals surface area contributed by atoms with E-state index in [1.807, 2.05) is 0 Å². The summed E-state index contributed by atoms with van der Waals surface area (Å²) in [6.07, 6.45) is 82.2. The molecule has 0 radical (unpaired) electrons. The van der Waals surface area contributed by atoms with E-state index in [1.54, 1.807) is 0 Å².